The molecular weight excluding hydrogens is 184 g/mol. The molecule has 2 aliphatic heterocycles. The Morgan fingerprint density at radius 1 is 1.07 bits per heavy atom. The molecule has 2 heteroatoms. The molecular formula is C13H24N2. The van der Waals surface area contributed by atoms with Gasteiger partial charge in [0.2, 0.25) is 0 Å². The molecule has 3 aliphatic rings. The van der Waals surface area contributed by atoms with Crippen molar-refractivity contribution < 1.29 is 0 Å². The molecule has 3 rings (SSSR count). The van der Waals surface area contributed by atoms with E-state index in [0.29, 0.717) is 0 Å². The van der Waals surface area contributed by atoms with E-state index in [1.807, 2.05) is 0 Å². The molecule has 0 amide bonds. The second-order valence-corrected chi connectivity index (χ2v) is 5.79. The Morgan fingerprint density at radius 2 is 2.07 bits per heavy atom. The molecule has 0 radical (unpaired) electrons. The maximum Gasteiger partial charge on any atom is 0.0195 e. The van der Waals surface area contributed by atoms with Crippen molar-refractivity contribution in [1.29, 1.82) is 0 Å². The first-order valence-electron chi connectivity index (χ1n) is 6.89. The third-order valence-corrected chi connectivity index (χ3v) is 4.64. The van der Waals surface area contributed by atoms with Gasteiger partial charge in [0.1, 0.15) is 0 Å². The minimum atomic E-state index is 0.798. The van der Waals surface area contributed by atoms with Crippen molar-refractivity contribution in [2.24, 2.45) is 5.92 Å². The zero-order chi connectivity index (χ0) is 10.1. The minimum Gasteiger partial charge on any atom is -0.313 e. The summed E-state index contributed by atoms with van der Waals surface area (Å²) in [5.74, 6) is 1.06. The predicted molar refractivity (Wildman–Crippen MR) is 63.0 cm³/mol. The molecule has 3 fully saturated rings. The lowest BCUT2D eigenvalue weighted by Gasteiger charge is -2.30. The van der Waals surface area contributed by atoms with E-state index >= 15 is 0 Å². The van der Waals surface area contributed by atoms with E-state index < -0.39 is 0 Å². The number of likely N-dealkylation sites (tertiary alicyclic amines) is 1. The number of rotatable bonds is 2. The van der Waals surface area contributed by atoms with Gasteiger partial charge in [-0.3, -0.25) is 4.90 Å². The quantitative estimate of drug-likeness (QED) is 0.747. The summed E-state index contributed by atoms with van der Waals surface area (Å²) in [6.45, 7) is 4.00. The van der Waals surface area contributed by atoms with Crippen molar-refractivity contribution in [2.45, 2.75) is 57.0 Å². The Hall–Kier alpha value is -0.0800. The van der Waals surface area contributed by atoms with E-state index in [2.05, 4.69) is 10.2 Å². The molecule has 0 aromatic heterocycles. The van der Waals surface area contributed by atoms with Crippen LogP contribution in [-0.2, 0) is 0 Å². The van der Waals surface area contributed by atoms with Gasteiger partial charge in [0.05, 0.1) is 0 Å². The van der Waals surface area contributed by atoms with Crippen LogP contribution in [0.2, 0.25) is 0 Å². The molecule has 2 bridgehead atoms. The van der Waals surface area contributed by atoms with Crippen LogP contribution < -0.4 is 5.32 Å². The number of nitrogens with one attached hydrogen (secondary N) is 1. The fourth-order valence-electron chi connectivity index (χ4n) is 3.79. The van der Waals surface area contributed by atoms with E-state index in [0.717, 1.165) is 18.0 Å². The van der Waals surface area contributed by atoms with Gasteiger partial charge in [0.25, 0.3) is 0 Å². The first kappa shape index (κ1) is 10.1. The molecule has 0 aromatic carbocycles. The normalized spacial score (nSPS) is 42.0. The van der Waals surface area contributed by atoms with E-state index in [1.54, 1.807) is 0 Å². The number of hydrogen-bond acceptors (Lipinski definition) is 2. The highest BCUT2D eigenvalue weighted by Gasteiger charge is 2.38. The number of nitrogens with zero attached hydrogens (tertiary/aromatic N) is 1. The van der Waals surface area contributed by atoms with Crippen LogP contribution in [0.5, 0.6) is 0 Å². The first-order chi connectivity index (χ1) is 7.42. The Labute approximate surface area is 93.4 Å². The van der Waals surface area contributed by atoms with E-state index in [-0.39, 0.29) is 0 Å². The molecule has 1 N–H and O–H groups in total. The predicted octanol–water partition coefficient (Wildman–Crippen LogP) is 2.00. The van der Waals surface area contributed by atoms with Crippen LogP contribution in [0.3, 0.4) is 0 Å². The second kappa shape index (κ2) is 4.42. The molecule has 3 atom stereocenters. The van der Waals surface area contributed by atoms with Gasteiger partial charge in [0, 0.05) is 25.2 Å². The molecule has 0 aromatic rings. The standard InChI is InChI=1S/C13H24N2/c1-2-4-12(14-7-3-1)10-15-9-11-5-6-13(15)8-11/h11-14H,1-10H2. The number of fused-ring (bicyclic) bond motifs is 2. The SMILES string of the molecule is C1CCNC(CN2CC3CCC2C3)CC1. The van der Waals surface area contributed by atoms with Gasteiger partial charge in [-0.2, -0.15) is 0 Å². The Kier molecular flexibility index (Phi) is 2.98. The van der Waals surface area contributed by atoms with Crippen molar-refractivity contribution in [2.75, 3.05) is 19.6 Å². The molecule has 3 unspecified atom stereocenters. The average Bonchev–Trinajstić information content (AvgIpc) is 2.75. The van der Waals surface area contributed by atoms with E-state index in [4.69, 9.17) is 0 Å². The van der Waals surface area contributed by atoms with Gasteiger partial charge in [0.15, 0.2) is 0 Å². The highest BCUT2D eigenvalue weighted by atomic mass is 15.2. The first-order valence-corrected chi connectivity index (χ1v) is 6.89. The van der Waals surface area contributed by atoms with Crippen molar-refractivity contribution in [1.82, 2.24) is 10.2 Å². The molecule has 15 heavy (non-hydrogen) atoms. The summed E-state index contributed by atoms with van der Waals surface area (Å²) in [4.78, 5) is 2.77. The smallest absolute Gasteiger partial charge is 0.0195 e. The molecule has 0 spiro atoms. The van der Waals surface area contributed by atoms with Crippen LogP contribution in [-0.4, -0.2) is 36.6 Å². The van der Waals surface area contributed by atoms with Crippen molar-refractivity contribution >= 4 is 0 Å². The van der Waals surface area contributed by atoms with Crippen LogP contribution in [0.25, 0.3) is 0 Å². The maximum absolute atomic E-state index is 3.73. The molecule has 2 heterocycles. The number of piperidine rings is 1. The highest BCUT2D eigenvalue weighted by molar-refractivity contribution is 4.93. The zero-order valence-corrected chi connectivity index (χ0v) is 9.75. The van der Waals surface area contributed by atoms with Crippen LogP contribution in [0.1, 0.15) is 44.9 Å². The van der Waals surface area contributed by atoms with Gasteiger partial charge in [-0.1, -0.05) is 12.8 Å². The highest BCUT2D eigenvalue weighted by Crippen LogP contribution is 2.37. The van der Waals surface area contributed by atoms with Crippen LogP contribution >= 0.6 is 0 Å². The van der Waals surface area contributed by atoms with Gasteiger partial charge in [-0.05, 0) is 44.6 Å². The Balaban J connectivity index is 1.51. The summed E-state index contributed by atoms with van der Waals surface area (Å²) in [6, 6.07) is 1.76. The fraction of sp³-hybridized carbons (Fsp3) is 1.00. The van der Waals surface area contributed by atoms with E-state index in [9.17, 15) is 0 Å². The fourth-order valence-corrected chi connectivity index (χ4v) is 3.79. The molecule has 1 saturated carbocycles. The lowest BCUT2D eigenvalue weighted by molar-refractivity contribution is 0.189. The third kappa shape index (κ3) is 2.21. The molecule has 86 valence electrons. The van der Waals surface area contributed by atoms with Crippen molar-refractivity contribution in [3.63, 3.8) is 0 Å². The average molecular weight is 208 g/mol. The molecule has 1 aliphatic carbocycles. The summed E-state index contributed by atoms with van der Waals surface area (Å²) in [5.41, 5.74) is 0. The summed E-state index contributed by atoms with van der Waals surface area (Å²) in [7, 11) is 0. The van der Waals surface area contributed by atoms with Crippen molar-refractivity contribution in [3.8, 4) is 0 Å². The van der Waals surface area contributed by atoms with Crippen LogP contribution in [0.4, 0.5) is 0 Å². The second-order valence-electron chi connectivity index (χ2n) is 5.79. The lowest BCUT2D eigenvalue weighted by Crippen LogP contribution is -2.43. The zero-order valence-electron chi connectivity index (χ0n) is 9.75. The summed E-state index contributed by atoms with van der Waals surface area (Å²) < 4.78 is 0. The van der Waals surface area contributed by atoms with Crippen LogP contribution in [0, 0.1) is 5.92 Å². The van der Waals surface area contributed by atoms with Gasteiger partial charge >= 0.3 is 0 Å². The van der Waals surface area contributed by atoms with Gasteiger partial charge in [-0.15, -0.1) is 0 Å². The van der Waals surface area contributed by atoms with Crippen LogP contribution in [0.15, 0.2) is 0 Å². The van der Waals surface area contributed by atoms with Crippen molar-refractivity contribution in [3.05, 3.63) is 0 Å². The number of hydrogen-bond donors (Lipinski definition) is 1. The minimum absolute atomic E-state index is 0.798. The summed E-state index contributed by atoms with van der Waals surface area (Å²) in [5, 5.41) is 3.73. The topological polar surface area (TPSA) is 15.3 Å². The van der Waals surface area contributed by atoms with Gasteiger partial charge < -0.3 is 5.32 Å². The summed E-state index contributed by atoms with van der Waals surface area (Å²) >= 11 is 0. The Bertz CT molecular complexity index is 209. The van der Waals surface area contributed by atoms with Gasteiger partial charge in [-0.25, -0.2) is 0 Å². The molecule has 2 nitrogen and oxygen atoms in total. The third-order valence-electron chi connectivity index (χ3n) is 4.64. The monoisotopic (exact) mass is 208 g/mol. The Morgan fingerprint density at radius 3 is 2.87 bits per heavy atom. The maximum atomic E-state index is 3.73. The summed E-state index contributed by atoms with van der Waals surface area (Å²) in [6.07, 6.45) is 10.2. The van der Waals surface area contributed by atoms with E-state index in [1.165, 1.54) is 64.6 Å². The lowest BCUT2D eigenvalue weighted by atomic mass is 10.1. The molecule has 2 saturated heterocycles. The largest absolute Gasteiger partial charge is 0.313 e.